The number of pyridine rings is 1. The van der Waals surface area contributed by atoms with Gasteiger partial charge in [-0.15, -0.1) is 0 Å². The molecule has 1 aromatic heterocycles. The Balaban J connectivity index is 1.86. The number of ether oxygens (including phenoxy) is 5. The molecule has 194 valence electrons. The van der Waals surface area contributed by atoms with Crippen LogP contribution in [0, 0.1) is 0 Å². The van der Waals surface area contributed by atoms with Gasteiger partial charge in [0.25, 0.3) is 5.91 Å². The lowest BCUT2D eigenvalue weighted by Crippen LogP contribution is -2.44. The van der Waals surface area contributed by atoms with Crippen molar-refractivity contribution >= 4 is 17.5 Å². The van der Waals surface area contributed by atoms with Crippen molar-refractivity contribution in [1.29, 1.82) is 0 Å². The van der Waals surface area contributed by atoms with Crippen LogP contribution < -0.4 is 29.0 Å². The van der Waals surface area contributed by atoms with Gasteiger partial charge in [0.1, 0.15) is 0 Å². The summed E-state index contributed by atoms with van der Waals surface area (Å²) in [6.45, 7) is 0. The first-order chi connectivity index (χ1) is 17.9. The van der Waals surface area contributed by atoms with Crippen LogP contribution in [0.25, 0.3) is 0 Å². The molecule has 37 heavy (non-hydrogen) atoms. The second-order valence-electron chi connectivity index (χ2n) is 8.32. The van der Waals surface area contributed by atoms with Gasteiger partial charge in [-0.3, -0.25) is 14.6 Å². The Morgan fingerprint density at radius 1 is 0.892 bits per heavy atom. The molecule has 0 fully saturated rings. The average Bonchev–Trinajstić information content (AvgIpc) is 2.93. The number of fused-ring (bicyclic) bond motifs is 1. The van der Waals surface area contributed by atoms with Crippen molar-refractivity contribution in [3.8, 4) is 28.7 Å². The number of hydrogen-bond acceptors (Lipinski definition) is 8. The fraction of sp³-hybridized carbons (Fsp3) is 0.296. The van der Waals surface area contributed by atoms with E-state index in [0.29, 0.717) is 51.1 Å². The second kappa shape index (κ2) is 10.7. The molecule has 2 aromatic carbocycles. The van der Waals surface area contributed by atoms with E-state index in [9.17, 15) is 9.59 Å². The van der Waals surface area contributed by atoms with Gasteiger partial charge in [-0.1, -0.05) is 6.07 Å². The van der Waals surface area contributed by atoms with Crippen molar-refractivity contribution in [3.05, 3.63) is 65.5 Å². The standard InChI is InChI=1S/C27H29N3O7/c1-30-24(15-8-7-9-28-14-15)23(17-12-19(33-2)20(34-3)13-18(17)27(30)32)26(31)29-16-10-21(35-4)25(37-6)22(11-16)36-5/h7-14,23-24H,1-6H3,(H,29,31)/t23-,24-/m0/s1. The van der Waals surface area contributed by atoms with Crippen LogP contribution in [0.3, 0.4) is 0 Å². The summed E-state index contributed by atoms with van der Waals surface area (Å²) in [6.07, 6.45) is 3.29. The van der Waals surface area contributed by atoms with Crippen molar-refractivity contribution in [1.82, 2.24) is 9.88 Å². The number of hydrogen-bond donors (Lipinski definition) is 1. The summed E-state index contributed by atoms with van der Waals surface area (Å²) in [7, 11) is 9.17. The summed E-state index contributed by atoms with van der Waals surface area (Å²) < 4.78 is 27.2. The lowest BCUT2D eigenvalue weighted by atomic mass is 9.79. The number of aromatic nitrogens is 1. The summed E-state index contributed by atoms with van der Waals surface area (Å²) in [4.78, 5) is 33.2. The largest absolute Gasteiger partial charge is 0.493 e. The number of carbonyl (C=O) groups is 2. The molecule has 2 amide bonds. The van der Waals surface area contributed by atoms with Gasteiger partial charge in [0.2, 0.25) is 11.7 Å². The van der Waals surface area contributed by atoms with Crippen molar-refractivity contribution in [3.63, 3.8) is 0 Å². The van der Waals surface area contributed by atoms with E-state index in [1.807, 2.05) is 6.07 Å². The maximum atomic E-state index is 14.0. The van der Waals surface area contributed by atoms with Gasteiger partial charge >= 0.3 is 0 Å². The Morgan fingerprint density at radius 3 is 2.05 bits per heavy atom. The maximum absolute atomic E-state index is 14.0. The molecule has 0 bridgehead atoms. The van der Waals surface area contributed by atoms with Crippen LogP contribution in [-0.4, -0.2) is 64.3 Å². The highest BCUT2D eigenvalue weighted by Gasteiger charge is 2.44. The average molecular weight is 508 g/mol. The van der Waals surface area contributed by atoms with E-state index in [-0.39, 0.29) is 11.8 Å². The zero-order valence-corrected chi connectivity index (χ0v) is 21.5. The van der Waals surface area contributed by atoms with Gasteiger partial charge in [-0.2, -0.15) is 0 Å². The van der Waals surface area contributed by atoms with Gasteiger partial charge in [-0.25, -0.2) is 0 Å². The highest BCUT2D eigenvalue weighted by atomic mass is 16.5. The van der Waals surface area contributed by atoms with E-state index in [2.05, 4.69) is 10.3 Å². The molecule has 3 aromatic rings. The molecule has 10 nitrogen and oxygen atoms in total. The molecule has 2 atom stereocenters. The van der Waals surface area contributed by atoms with E-state index in [4.69, 9.17) is 23.7 Å². The van der Waals surface area contributed by atoms with Crippen LogP contribution in [-0.2, 0) is 4.79 Å². The summed E-state index contributed by atoms with van der Waals surface area (Å²) >= 11 is 0. The Bertz CT molecular complexity index is 1290. The molecular weight excluding hydrogens is 478 g/mol. The minimum absolute atomic E-state index is 0.248. The van der Waals surface area contributed by atoms with Crippen molar-refractivity contribution in [2.75, 3.05) is 47.9 Å². The Morgan fingerprint density at radius 2 is 1.51 bits per heavy atom. The lowest BCUT2D eigenvalue weighted by molar-refractivity contribution is -0.119. The predicted molar refractivity (Wildman–Crippen MR) is 136 cm³/mol. The van der Waals surface area contributed by atoms with Gasteiger partial charge in [0.15, 0.2) is 23.0 Å². The maximum Gasteiger partial charge on any atom is 0.254 e. The van der Waals surface area contributed by atoms with E-state index >= 15 is 0 Å². The first-order valence-electron chi connectivity index (χ1n) is 11.4. The zero-order valence-electron chi connectivity index (χ0n) is 21.5. The van der Waals surface area contributed by atoms with Gasteiger partial charge in [0, 0.05) is 42.8 Å². The predicted octanol–water partition coefficient (Wildman–Crippen LogP) is 3.67. The van der Waals surface area contributed by atoms with Gasteiger partial charge in [-0.05, 0) is 29.3 Å². The van der Waals surface area contributed by atoms with E-state index in [0.717, 1.165) is 0 Å². The molecular formula is C27H29N3O7. The Labute approximate surface area is 215 Å². The number of amides is 2. The Kier molecular flexibility index (Phi) is 7.37. The van der Waals surface area contributed by atoms with E-state index < -0.39 is 12.0 Å². The normalized spacial score (nSPS) is 16.5. The fourth-order valence-corrected chi connectivity index (χ4v) is 4.67. The van der Waals surface area contributed by atoms with Crippen molar-refractivity contribution < 1.29 is 33.3 Å². The molecule has 2 heterocycles. The second-order valence-corrected chi connectivity index (χ2v) is 8.32. The third-order valence-electron chi connectivity index (χ3n) is 6.42. The van der Waals surface area contributed by atoms with E-state index in [1.165, 1.54) is 35.5 Å². The third-order valence-corrected chi connectivity index (χ3v) is 6.42. The van der Waals surface area contributed by atoms with Crippen molar-refractivity contribution in [2.45, 2.75) is 12.0 Å². The van der Waals surface area contributed by atoms with Crippen LogP contribution in [0.1, 0.15) is 33.4 Å². The molecule has 4 rings (SSSR count). The molecule has 1 aliphatic rings. The number of benzene rings is 2. The molecule has 0 saturated heterocycles. The smallest absolute Gasteiger partial charge is 0.254 e. The first kappa shape index (κ1) is 25.6. The first-order valence-corrected chi connectivity index (χ1v) is 11.4. The van der Waals surface area contributed by atoms with Gasteiger partial charge < -0.3 is 33.9 Å². The quantitative estimate of drug-likeness (QED) is 0.492. The number of methoxy groups -OCH3 is 5. The van der Waals surface area contributed by atoms with E-state index in [1.54, 1.807) is 54.7 Å². The molecule has 0 radical (unpaired) electrons. The molecule has 0 saturated carbocycles. The third kappa shape index (κ3) is 4.57. The highest BCUT2D eigenvalue weighted by molar-refractivity contribution is 6.05. The minimum Gasteiger partial charge on any atom is -0.493 e. The molecule has 0 unspecified atom stereocenters. The summed E-state index contributed by atoms with van der Waals surface area (Å²) in [5.74, 6) is 0.591. The number of anilines is 1. The molecule has 0 aliphatic carbocycles. The SMILES string of the molecule is COc1cc2c(cc1OC)[C@H](C(=O)Nc1cc(OC)c(OC)c(OC)c1)[C@H](c1cccnc1)N(C)C2=O. The molecule has 0 spiro atoms. The van der Waals surface area contributed by atoms with Crippen LogP contribution in [0.15, 0.2) is 48.8 Å². The molecule has 1 aliphatic heterocycles. The minimum atomic E-state index is -0.805. The fourth-order valence-electron chi connectivity index (χ4n) is 4.67. The summed E-state index contributed by atoms with van der Waals surface area (Å²) in [6, 6.07) is 9.55. The molecule has 10 heteroatoms. The lowest BCUT2D eigenvalue weighted by Gasteiger charge is -2.40. The number of nitrogens with zero attached hydrogens (tertiary/aromatic N) is 2. The highest BCUT2D eigenvalue weighted by Crippen LogP contribution is 2.46. The Hall–Kier alpha value is -4.47. The number of nitrogens with one attached hydrogen (secondary N) is 1. The zero-order chi connectivity index (χ0) is 26.7. The topological polar surface area (TPSA) is 108 Å². The number of rotatable bonds is 8. The van der Waals surface area contributed by atoms with Crippen LogP contribution in [0.4, 0.5) is 5.69 Å². The summed E-state index contributed by atoms with van der Waals surface area (Å²) in [5.41, 5.74) is 2.01. The molecule has 1 N–H and O–H groups in total. The van der Waals surface area contributed by atoms with Crippen LogP contribution in [0.2, 0.25) is 0 Å². The van der Waals surface area contributed by atoms with Gasteiger partial charge in [0.05, 0.1) is 47.5 Å². The number of likely N-dealkylation sites (N-methyl/N-ethyl adjacent to an activating group) is 1. The monoisotopic (exact) mass is 507 g/mol. The number of carbonyl (C=O) groups excluding carboxylic acids is 2. The van der Waals surface area contributed by atoms with Crippen LogP contribution >= 0.6 is 0 Å². The van der Waals surface area contributed by atoms with Crippen LogP contribution in [0.5, 0.6) is 28.7 Å². The van der Waals surface area contributed by atoms with Crippen molar-refractivity contribution in [2.24, 2.45) is 0 Å². The summed E-state index contributed by atoms with van der Waals surface area (Å²) in [5, 5.41) is 2.97.